The first-order valence-electron chi connectivity index (χ1n) is 6.29. The Labute approximate surface area is 98.3 Å². The largest absolute Gasteiger partial charge is 0.375 e. The van der Waals surface area contributed by atoms with Gasteiger partial charge in [0.15, 0.2) is 0 Å². The van der Waals surface area contributed by atoms with Gasteiger partial charge >= 0.3 is 0 Å². The molecule has 1 fully saturated rings. The van der Waals surface area contributed by atoms with Crippen LogP contribution in [0.5, 0.6) is 0 Å². The number of thioether (sulfide) groups is 1. The van der Waals surface area contributed by atoms with E-state index in [9.17, 15) is 0 Å². The first kappa shape index (κ1) is 13.3. The molecule has 0 aromatic heterocycles. The summed E-state index contributed by atoms with van der Waals surface area (Å²) in [5.74, 6) is 2.23. The lowest BCUT2D eigenvalue weighted by atomic mass is 10.0. The van der Waals surface area contributed by atoms with Gasteiger partial charge in [0.25, 0.3) is 0 Å². The van der Waals surface area contributed by atoms with Gasteiger partial charge in [-0.15, -0.1) is 0 Å². The molecule has 1 aliphatic heterocycles. The fraction of sp³-hybridized carbons (Fsp3) is 1.00. The minimum Gasteiger partial charge on any atom is -0.375 e. The molecule has 0 spiro atoms. The van der Waals surface area contributed by atoms with E-state index in [1.165, 1.54) is 32.1 Å². The number of nitrogens with two attached hydrogens (primary N) is 1. The third-order valence-electron chi connectivity index (χ3n) is 2.96. The number of unbranched alkanes of at least 4 members (excludes halogenated alkanes) is 4. The molecule has 1 rings (SSSR count). The van der Waals surface area contributed by atoms with E-state index < -0.39 is 0 Å². The molecular formula is C12H25NOS. The van der Waals surface area contributed by atoms with E-state index in [4.69, 9.17) is 10.5 Å². The zero-order valence-electron chi connectivity index (χ0n) is 9.91. The predicted octanol–water partition coefficient (Wildman–Crippen LogP) is 2.81. The molecule has 1 heterocycles. The summed E-state index contributed by atoms with van der Waals surface area (Å²) in [4.78, 5) is 0. The molecular weight excluding hydrogens is 206 g/mol. The zero-order valence-corrected chi connectivity index (χ0v) is 10.7. The van der Waals surface area contributed by atoms with Crippen LogP contribution in [0.2, 0.25) is 0 Å². The SMILES string of the molecule is CCCCCCCC(N)C1CSCCO1. The van der Waals surface area contributed by atoms with Gasteiger partial charge in [-0.05, 0) is 6.42 Å². The highest BCUT2D eigenvalue weighted by atomic mass is 32.2. The quantitative estimate of drug-likeness (QED) is 0.684. The van der Waals surface area contributed by atoms with Crippen molar-refractivity contribution in [3.05, 3.63) is 0 Å². The predicted molar refractivity (Wildman–Crippen MR) is 68.4 cm³/mol. The summed E-state index contributed by atoms with van der Waals surface area (Å²) in [5.41, 5.74) is 6.12. The average molecular weight is 231 g/mol. The van der Waals surface area contributed by atoms with Gasteiger partial charge in [-0.25, -0.2) is 0 Å². The Balaban J connectivity index is 1.99. The van der Waals surface area contributed by atoms with Gasteiger partial charge in [-0.1, -0.05) is 39.0 Å². The minimum absolute atomic E-state index is 0.263. The van der Waals surface area contributed by atoms with Gasteiger partial charge in [0, 0.05) is 17.5 Å². The van der Waals surface area contributed by atoms with Gasteiger partial charge < -0.3 is 10.5 Å². The number of rotatable bonds is 7. The van der Waals surface area contributed by atoms with E-state index in [2.05, 4.69) is 6.92 Å². The van der Waals surface area contributed by atoms with E-state index in [1.54, 1.807) is 0 Å². The maximum Gasteiger partial charge on any atom is 0.0816 e. The van der Waals surface area contributed by atoms with Crippen molar-refractivity contribution >= 4 is 11.8 Å². The highest BCUT2D eigenvalue weighted by molar-refractivity contribution is 7.99. The molecule has 1 saturated heterocycles. The molecule has 0 aromatic carbocycles. The third-order valence-corrected chi connectivity index (χ3v) is 3.98. The lowest BCUT2D eigenvalue weighted by Crippen LogP contribution is -2.41. The van der Waals surface area contributed by atoms with Crippen LogP contribution in [-0.4, -0.2) is 30.3 Å². The smallest absolute Gasteiger partial charge is 0.0816 e. The van der Waals surface area contributed by atoms with E-state index in [1.807, 2.05) is 11.8 Å². The summed E-state index contributed by atoms with van der Waals surface area (Å²) >= 11 is 1.97. The Morgan fingerprint density at radius 2 is 2.13 bits per heavy atom. The van der Waals surface area contributed by atoms with Crippen molar-refractivity contribution in [2.45, 2.75) is 57.6 Å². The lowest BCUT2D eigenvalue weighted by Gasteiger charge is -2.27. The molecule has 2 atom stereocenters. The maximum atomic E-state index is 6.12. The van der Waals surface area contributed by atoms with Gasteiger partial charge in [-0.2, -0.15) is 11.8 Å². The topological polar surface area (TPSA) is 35.2 Å². The first-order chi connectivity index (χ1) is 7.34. The Bertz CT molecular complexity index is 149. The fourth-order valence-electron chi connectivity index (χ4n) is 1.92. The average Bonchev–Trinajstić information content (AvgIpc) is 2.30. The van der Waals surface area contributed by atoms with Gasteiger partial charge in [0.2, 0.25) is 0 Å². The molecule has 0 bridgehead atoms. The Morgan fingerprint density at radius 3 is 2.80 bits per heavy atom. The second kappa shape index (κ2) is 8.43. The normalized spacial score (nSPS) is 24.0. The lowest BCUT2D eigenvalue weighted by molar-refractivity contribution is 0.0544. The Morgan fingerprint density at radius 1 is 1.33 bits per heavy atom. The van der Waals surface area contributed by atoms with Crippen LogP contribution < -0.4 is 5.73 Å². The molecule has 3 heteroatoms. The van der Waals surface area contributed by atoms with Gasteiger partial charge in [-0.3, -0.25) is 0 Å². The molecule has 15 heavy (non-hydrogen) atoms. The summed E-state index contributed by atoms with van der Waals surface area (Å²) in [7, 11) is 0. The van der Waals surface area contributed by atoms with Crippen LogP contribution in [0.3, 0.4) is 0 Å². The Kier molecular flexibility index (Phi) is 7.49. The van der Waals surface area contributed by atoms with Crippen molar-refractivity contribution in [2.24, 2.45) is 5.73 Å². The fourth-order valence-corrected chi connectivity index (χ4v) is 2.88. The van der Waals surface area contributed by atoms with Gasteiger partial charge in [0.1, 0.15) is 0 Å². The summed E-state index contributed by atoms with van der Waals surface area (Å²) in [6.45, 7) is 3.14. The monoisotopic (exact) mass is 231 g/mol. The van der Waals surface area contributed by atoms with Gasteiger partial charge in [0.05, 0.1) is 12.7 Å². The van der Waals surface area contributed by atoms with Crippen LogP contribution in [-0.2, 0) is 4.74 Å². The van der Waals surface area contributed by atoms with Crippen molar-refractivity contribution in [2.75, 3.05) is 18.1 Å². The standard InChI is InChI=1S/C12H25NOS/c1-2-3-4-5-6-7-11(13)12-10-15-9-8-14-12/h11-12H,2-10,13H2,1H3. The van der Waals surface area contributed by atoms with Crippen molar-refractivity contribution in [1.82, 2.24) is 0 Å². The van der Waals surface area contributed by atoms with E-state index >= 15 is 0 Å². The molecule has 2 unspecified atom stereocenters. The van der Waals surface area contributed by atoms with Crippen molar-refractivity contribution in [1.29, 1.82) is 0 Å². The van der Waals surface area contributed by atoms with Crippen LogP contribution in [0.4, 0.5) is 0 Å². The van der Waals surface area contributed by atoms with Crippen LogP contribution in [0.25, 0.3) is 0 Å². The van der Waals surface area contributed by atoms with E-state index in [0.29, 0.717) is 6.10 Å². The van der Waals surface area contributed by atoms with Crippen LogP contribution in [0.15, 0.2) is 0 Å². The summed E-state index contributed by atoms with van der Waals surface area (Å²) in [6, 6.07) is 0.263. The van der Waals surface area contributed by atoms with Crippen molar-refractivity contribution in [3.8, 4) is 0 Å². The summed E-state index contributed by atoms with van der Waals surface area (Å²) in [5, 5.41) is 0. The maximum absolute atomic E-state index is 6.12. The molecule has 2 N–H and O–H groups in total. The number of hydrogen-bond acceptors (Lipinski definition) is 3. The van der Waals surface area contributed by atoms with Crippen LogP contribution >= 0.6 is 11.8 Å². The van der Waals surface area contributed by atoms with Crippen molar-refractivity contribution in [3.63, 3.8) is 0 Å². The molecule has 0 aliphatic carbocycles. The Hall–Kier alpha value is 0.270. The first-order valence-corrected chi connectivity index (χ1v) is 7.45. The molecule has 90 valence electrons. The summed E-state index contributed by atoms with van der Waals surface area (Å²) in [6.07, 6.45) is 8.10. The zero-order chi connectivity index (χ0) is 10.9. The number of hydrogen-bond donors (Lipinski definition) is 1. The van der Waals surface area contributed by atoms with E-state index in [0.717, 1.165) is 24.5 Å². The molecule has 1 aliphatic rings. The summed E-state index contributed by atoms with van der Waals surface area (Å²) < 4.78 is 5.67. The molecule has 0 saturated carbocycles. The molecule has 2 nitrogen and oxygen atoms in total. The minimum atomic E-state index is 0.263. The highest BCUT2D eigenvalue weighted by Gasteiger charge is 2.20. The number of ether oxygens (including phenoxy) is 1. The third kappa shape index (κ3) is 5.79. The molecule has 0 amide bonds. The second-order valence-corrected chi connectivity index (χ2v) is 5.50. The molecule has 0 radical (unpaired) electrons. The van der Waals surface area contributed by atoms with Crippen molar-refractivity contribution < 1.29 is 4.74 Å². The van der Waals surface area contributed by atoms with Crippen LogP contribution in [0.1, 0.15) is 45.4 Å². The molecule has 0 aromatic rings. The highest BCUT2D eigenvalue weighted by Crippen LogP contribution is 2.17. The second-order valence-electron chi connectivity index (χ2n) is 4.35. The van der Waals surface area contributed by atoms with E-state index in [-0.39, 0.29) is 6.04 Å². The van der Waals surface area contributed by atoms with Crippen LogP contribution in [0, 0.1) is 0 Å².